The van der Waals surface area contributed by atoms with Gasteiger partial charge in [-0.1, -0.05) is 0 Å². The van der Waals surface area contributed by atoms with Gasteiger partial charge < -0.3 is 11.1 Å². The first kappa shape index (κ1) is 10.7. The van der Waals surface area contributed by atoms with Gasteiger partial charge in [0.15, 0.2) is 0 Å². The first-order valence-electron chi connectivity index (χ1n) is 5.47. The fourth-order valence-electron chi connectivity index (χ4n) is 2.31. The smallest absolute Gasteiger partial charge is 0.125 e. The van der Waals surface area contributed by atoms with Crippen LogP contribution in [0.2, 0.25) is 0 Å². The molecule has 82 valence electrons. The van der Waals surface area contributed by atoms with E-state index in [4.69, 9.17) is 5.73 Å². The van der Waals surface area contributed by atoms with E-state index in [0.717, 1.165) is 6.42 Å². The van der Waals surface area contributed by atoms with Gasteiger partial charge >= 0.3 is 0 Å². The van der Waals surface area contributed by atoms with Gasteiger partial charge in [-0.15, -0.1) is 11.8 Å². The van der Waals surface area contributed by atoms with Gasteiger partial charge in [0.1, 0.15) is 5.67 Å². The molecule has 0 radical (unpaired) electrons. The second kappa shape index (κ2) is 4.37. The van der Waals surface area contributed by atoms with Gasteiger partial charge in [-0.2, -0.15) is 0 Å². The molecule has 0 aromatic rings. The van der Waals surface area contributed by atoms with E-state index in [0.29, 0.717) is 24.8 Å². The lowest BCUT2D eigenvalue weighted by Gasteiger charge is -2.22. The number of hydrogen-bond acceptors (Lipinski definition) is 3. The lowest BCUT2D eigenvalue weighted by molar-refractivity contribution is 0.165. The summed E-state index contributed by atoms with van der Waals surface area (Å²) in [6.07, 6.45) is 4.47. The van der Waals surface area contributed by atoms with Crippen LogP contribution in [0.25, 0.3) is 0 Å². The van der Waals surface area contributed by atoms with E-state index in [2.05, 4.69) is 5.32 Å². The first-order chi connectivity index (χ1) is 6.68. The van der Waals surface area contributed by atoms with Crippen LogP contribution in [0.3, 0.4) is 0 Å². The normalized spacial score (nSPS) is 43.3. The zero-order valence-corrected chi connectivity index (χ0v) is 9.28. The monoisotopic (exact) mass is 218 g/mol. The molecule has 3 N–H and O–H groups in total. The Morgan fingerprint density at radius 2 is 2.36 bits per heavy atom. The van der Waals surface area contributed by atoms with Gasteiger partial charge in [-0.25, -0.2) is 4.39 Å². The van der Waals surface area contributed by atoms with Crippen LogP contribution in [-0.4, -0.2) is 29.4 Å². The van der Waals surface area contributed by atoms with Crippen LogP contribution >= 0.6 is 11.8 Å². The van der Waals surface area contributed by atoms with Crippen LogP contribution < -0.4 is 11.1 Å². The zero-order valence-electron chi connectivity index (χ0n) is 8.47. The molecule has 2 aliphatic rings. The highest BCUT2D eigenvalue weighted by atomic mass is 32.2. The van der Waals surface area contributed by atoms with Crippen molar-refractivity contribution in [1.29, 1.82) is 0 Å². The van der Waals surface area contributed by atoms with Crippen LogP contribution in [-0.2, 0) is 0 Å². The van der Waals surface area contributed by atoms with Crippen molar-refractivity contribution in [3.8, 4) is 0 Å². The maximum Gasteiger partial charge on any atom is 0.125 e. The third-order valence-corrected chi connectivity index (χ3v) is 4.50. The average Bonchev–Trinajstić information content (AvgIpc) is 2.73. The Hall–Kier alpha value is 0.200. The van der Waals surface area contributed by atoms with Crippen molar-refractivity contribution in [3.63, 3.8) is 0 Å². The van der Waals surface area contributed by atoms with Gasteiger partial charge in [-0.05, 0) is 37.9 Å². The summed E-state index contributed by atoms with van der Waals surface area (Å²) in [6, 6.07) is 0.0815. The molecular weight excluding hydrogens is 199 g/mol. The molecule has 2 rings (SSSR count). The molecule has 0 bridgehead atoms. The van der Waals surface area contributed by atoms with Crippen LogP contribution in [0.15, 0.2) is 0 Å². The second-order valence-electron chi connectivity index (χ2n) is 4.54. The summed E-state index contributed by atoms with van der Waals surface area (Å²) in [6.45, 7) is 0.498. The molecule has 14 heavy (non-hydrogen) atoms. The molecule has 1 aliphatic carbocycles. The van der Waals surface area contributed by atoms with Crippen LogP contribution in [0.1, 0.15) is 32.1 Å². The minimum absolute atomic E-state index is 0.0815. The Bertz CT molecular complexity index is 197. The minimum Gasteiger partial charge on any atom is -0.328 e. The number of thioether (sulfide) groups is 1. The predicted molar refractivity (Wildman–Crippen MR) is 59.1 cm³/mol. The van der Waals surface area contributed by atoms with E-state index in [1.54, 1.807) is 0 Å². The number of hydrogen-bond donors (Lipinski definition) is 2. The van der Waals surface area contributed by atoms with Crippen molar-refractivity contribution in [2.24, 2.45) is 5.73 Å². The molecule has 1 saturated heterocycles. The molecule has 1 heterocycles. The Labute approximate surface area is 89.2 Å². The second-order valence-corrected chi connectivity index (χ2v) is 5.85. The summed E-state index contributed by atoms with van der Waals surface area (Å²) in [5.74, 6) is 1.22. The summed E-state index contributed by atoms with van der Waals surface area (Å²) in [4.78, 5) is 0. The molecule has 1 saturated carbocycles. The SMILES string of the molecule is NC1CCC(F)(CNC2CCCS2)C1. The highest BCUT2D eigenvalue weighted by Gasteiger charge is 2.38. The first-order valence-corrected chi connectivity index (χ1v) is 6.52. The van der Waals surface area contributed by atoms with Gasteiger partial charge in [0.25, 0.3) is 0 Å². The zero-order chi connectivity index (χ0) is 10.0. The summed E-state index contributed by atoms with van der Waals surface area (Å²) in [5.41, 5.74) is 4.70. The molecule has 0 aromatic heterocycles. The average molecular weight is 218 g/mol. The number of nitrogens with two attached hydrogens (primary N) is 1. The lowest BCUT2D eigenvalue weighted by Crippen LogP contribution is -2.39. The largest absolute Gasteiger partial charge is 0.328 e. The van der Waals surface area contributed by atoms with Crippen molar-refractivity contribution in [3.05, 3.63) is 0 Å². The van der Waals surface area contributed by atoms with Gasteiger partial charge in [-0.3, -0.25) is 0 Å². The lowest BCUT2D eigenvalue weighted by atomic mass is 10.0. The molecule has 0 aromatic carbocycles. The van der Waals surface area contributed by atoms with E-state index in [1.807, 2.05) is 11.8 Å². The number of nitrogens with one attached hydrogen (secondary N) is 1. The highest BCUT2D eigenvalue weighted by molar-refractivity contribution is 8.00. The Morgan fingerprint density at radius 1 is 1.50 bits per heavy atom. The van der Waals surface area contributed by atoms with E-state index in [-0.39, 0.29) is 6.04 Å². The topological polar surface area (TPSA) is 38.0 Å². The van der Waals surface area contributed by atoms with Gasteiger partial charge in [0.05, 0.1) is 5.37 Å². The Kier molecular flexibility index (Phi) is 3.34. The summed E-state index contributed by atoms with van der Waals surface area (Å²) in [7, 11) is 0. The summed E-state index contributed by atoms with van der Waals surface area (Å²) >= 11 is 1.92. The third kappa shape index (κ3) is 2.61. The van der Waals surface area contributed by atoms with E-state index < -0.39 is 5.67 Å². The van der Waals surface area contributed by atoms with Crippen molar-refractivity contribution in [1.82, 2.24) is 5.32 Å². The molecule has 3 unspecified atom stereocenters. The quantitative estimate of drug-likeness (QED) is 0.756. The molecule has 2 nitrogen and oxygen atoms in total. The molecule has 0 spiro atoms. The Morgan fingerprint density at radius 3 is 2.93 bits per heavy atom. The van der Waals surface area contributed by atoms with Crippen molar-refractivity contribution >= 4 is 11.8 Å². The standard InChI is InChI=1S/C10H19FN2S/c11-10(4-3-8(12)6-10)7-13-9-2-1-5-14-9/h8-9,13H,1-7,12H2. The van der Waals surface area contributed by atoms with Crippen LogP contribution in [0.4, 0.5) is 4.39 Å². The maximum atomic E-state index is 14.1. The number of halogens is 1. The molecule has 4 heteroatoms. The Balaban J connectivity index is 1.73. The van der Waals surface area contributed by atoms with E-state index >= 15 is 0 Å². The van der Waals surface area contributed by atoms with Crippen LogP contribution in [0.5, 0.6) is 0 Å². The summed E-state index contributed by atoms with van der Waals surface area (Å²) in [5, 5.41) is 3.80. The predicted octanol–water partition coefficient (Wildman–Crippen LogP) is 1.65. The van der Waals surface area contributed by atoms with E-state index in [9.17, 15) is 4.39 Å². The minimum atomic E-state index is -1.03. The molecule has 2 fully saturated rings. The third-order valence-electron chi connectivity index (χ3n) is 3.17. The van der Waals surface area contributed by atoms with Crippen molar-refractivity contribution in [2.75, 3.05) is 12.3 Å². The van der Waals surface area contributed by atoms with E-state index in [1.165, 1.54) is 18.6 Å². The van der Waals surface area contributed by atoms with Gasteiger partial charge in [0, 0.05) is 12.6 Å². The van der Waals surface area contributed by atoms with Crippen molar-refractivity contribution < 1.29 is 4.39 Å². The highest BCUT2D eigenvalue weighted by Crippen LogP contribution is 2.33. The van der Waals surface area contributed by atoms with Gasteiger partial charge in [0.2, 0.25) is 0 Å². The molecular formula is C10H19FN2S. The van der Waals surface area contributed by atoms with Crippen LogP contribution in [0, 0.1) is 0 Å². The molecule has 0 amide bonds. The number of alkyl halides is 1. The van der Waals surface area contributed by atoms with Crippen molar-refractivity contribution in [2.45, 2.75) is 49.2 Å². The molecule has 1 aliphatic heterocycles. The number of rotatable bonds is 3. The maximum absolute atomic E-state index is 14.1. The fourth-order valence-corrected chi connectivity index (χ4v) is 3.47. The fraction of sp³-hybridized carbons (Fsp3) is 1.00. The summed E-state index contributed by atoms with van der Waals surface area (Å²) < 4.78 is 14.1. The molecule has 3 atom stereocenters.